The van der Waals surface area contributed by atoms with E-state index in [4.69, 9.17) is 9.47 Å². The predicted molar refractivity (Wildman–Crippen MR) is 83.1 cm³/mol. The van der Waals surface area contributed by atoms with Crippen molar-refractivity contribution in [2.45, 2.75) is 25.8 Å². The van der Waals surface area contributed by atoms with Crippen molar-refractivity contribution in [1.29, 1.82) is 0 Å². The van der Waals surface area contributed by atoms with Gasteiger partial charge in [-0.25, -0.2) is 4.79 Å². The zero-order chi connectivity index (χ0) is 16.2. The van der Waals surface area contributed by atoms with E-state index >= 15 is 0 Å². The summed E-state index contributed by atoms with van der Waals surface area (Å²) in [7, 11) is 0. The van der Waals surface area contributed by atoms with E-state index in [0.717, 1.165) is 23.9 Å². The van der Waals surface area contributed by atoms with Gasteiger partial charge < -0.3 is 14.8 Å². The van der Waals surface area contributed by atoms with E-state index in [1.165, 1.54) is 0 Å². The average molecular weight is 317 g/mol. The van der Waals surface area contributed by atoms with Crippen molar-refractivity contribution in [3.8, 4) is 0 Å². The fraction of sp³-hybridized carbons (Fsp3) is 0.438. The first kappa shape index (κ1) is 15.5. The van der Waals surface area contributed by atoms with Crippen LogP contribution in [0.2, 0.25) is 0 Å². The summed E-state index contributed by atoms with van der Waals surface area (Å²) in [6, 6.07) is 3.76. The molecule has 7 nitrogen and oxygen atoms in total. The molecule has 1 aromatic heterocycles. The minimum Gasteiger partial charge on any atom is -0.452 e. The fourth-order valence-electron chi connectivity index (χ4n) is 2.71. The van der Waals surface area contributed by atoms with Gasteiger partial charge in [-0.3, -0.25) is 9.89 Å². The lowest BCUT2D eigenvalue weighted by Crippen LogP contribution is -2.41. The molecule has 7 heteroatoms. The van der Waals surface area contributed by atoms with Gasteiger partial charge in [0.1, 0.15) is 0 Å². The van der Waals surface area contributed by atoms with Gasteiger partial charge in [-0.2, -0.15) is 5.10 Å². The number of H-pyrrole nitrogens is 1. The van der Waals surface area contributed by atoms with Crippen LogP contribution in [0.1, 0.15) is 28.8 Å². The summed E-state index contributed by atoms with van der Waals surface area (Å²) in [6.45, 7) is 2.83. The van der Waals surface area contributed by atoms with Gasteiger partial charge in [-0.05, 0) is 31.4 Å². The third kappa shape index (κ3) is 3.50. The Labute approximate surface area is 133 Å². The lowest BCUT2D eigenvalue weighted by Gasteiger charge is -2.23. The molecule has 0 bridgehead atoms. The Morgan fingerprint density at radius 2 is 2.17 bits per heavy atom. The van der Waals surface area contributed by atoms with Crippen LogP contribution in [-0.4, -0.2) is 47.9 Å². The van der Waals surface area contributed by atoms with Crippen LogP contribution in [0.3, 0.4) is 0 Å². The van der Waals surface area contributed by atoms with Crippen molar-refractivity contribution >= 4 is 22.8 Å². The highest BCUT2D eigenvalue weighted by Gasteiger charge is 2.19. The molecule has 122 valence electrons. The van der Waals surface area contributed by atoms with Crippen LogP contribution in [0, 0.1) is 6.92 Å². The first-order valence-electron chi connectivity index (χ1n) is 7.62. The highest BCUT2D eigenvalue weighted by atomic mass is 16.5. The molecule has 1 aliphatic rings. The van der Waals surface area contributed by atoms with Crippen molar-refractivity contribution in [1.82, 2.24) is 15.5 Å². The van der Waals surface area contributed by atoms with Crippen LogP contribution in [0.25, 0.3) is 10.9 Å². The number of nitrogens with zero attached hydrogens (tertiary/aromatic N) is 1. The maximum atomic E-state index is 12.3. The Hall–Kier alpha value is -2.41. The Balaban J connectivity index is 1.61. The largest absolute Gasteiger partial charge is 0.452 e. The number of ether oxygens (including phenoxy) is 2. The molecular formula is C16H19N3O4. The first-order valence-corrected chi connectivity index (χ1v) is 7.62. The maximum Gasteiger partial charge on any atom is 0.339 e. The number of rotatable bonds is 4. The van der Waals surface area contributed by atoms with E-state index in [-0.39, 0.29) is 18.6 Å². The van der Waals surface area contributed by atoms with E-state index < -0.39 is 5.97 Å². The number of nitrogens with one attached hydrogen (secondary N) is 2. The number of aromatic nitrogens is 2. The zero-order valence-corrected chi connectivity index (χ0v) is 12.9. The van der Waals surface area contributed by atoms with Gasteiger partial charge in [0.05, 0.1) is 17.3 Å². The van der Waals surface area contributed by atoms with E-state index in [0.29, 0.717) is 24.2 Å². The Kier molecular flexibility index (Phi) is 4.57. The second kappa shape index (κ2) is 6.78. The van der Waals surface area contributed by atoms with Crippen molar-refractivity contribution in [3.63, 3.8) is 0 Å². The van der Waals surface area contributed by atoms with Crippen LogP contribution < -0.4 is 5.32 Å². The molecule has 0 unspecified atom stereocenters. The summed E-state index contributed by atoms with van der Waals surface area (Å²) < 4.78 is 10.4. The molecule has 1 saturated heterocycles. The molecule has 0 aliphatic carbocycles. The van der Waals surface area contributed by atoms with Crippen molar-refractivity contribution in [2.24, 2.45) is 0 Å². The summed E-state index contributed by atoms with van der Waals surface area (Å²) in [5, 5.41) is 10.3. The normalized spacial score (nSPS) is 15.5. The van der Waals surface area contributed by atoms with Crippen LogP contribution in [-0.2, 0) is 14.3 Å². The van der Waals surface area contributed by atoms with Crippen molar-refractivity contribution in [3.05, 3.63) is 29.5 Å². The first-order chi connectivity index (χ1) is 11.1. The number of carbonyl (C=O) groups is 2. The van der Waals surface area contributed by atoms with E-state index in [1.807, 2.05) is 19.1 Å². The number of carbonyl (C=O) groups excluding carboxylic acids is 2. The summed E-state index contributed by atoms with van der Waals surface area (Å²) in [5.41, 5.74) is 1.98. The molecule has 0 atom stereocenters. The molecule has 1 fully saturated rings. The number of amides is 1. The number of aromatic amines is 1. The van der Waals surface area contributed by atoms with Gasteiger partial charge in [-0.15, -0.1) is 0 Å². The number of hydrogen-bond donors (Lipinski definition) is 2. The molecule has 0 radical (unpaired) electrons. The van der Waals surface area contributed by atoms with Crippen LogP contribution in [0.5, 0.6) is 0 Å². The molecule has 23 heavy (non-hydrogen) atoms. The third-order valence-corrected chi connectivity index (χ3v) is 3.96. The summed E-state index contributed by atoms with van der Waals surface area (Å²) in [4.78, 5) is 24.2. The second-order valence-corrected chi connectivity index (χ2v) is 5.62. The minimum absolute atomic E-state index is 0.0917. The summed E-state index contributed by atoms with van der Waals surface area (Å²) >= 11 is 0. The fourth-order valence-corrected chi connectivity index (χ4v) is 2.71. The van der Waals surface area contributed by atoms with Gasteiger partial charge in [-0.1, -0.05) is 6.07 Å². The van der Waals surface area contributed by atoms with Crippen LogP contribution >= 0.6 is 0 Å². The molecule has 2 aromatic rings. The van der Waals surface area contributed by atoms with Gasteiger partial charge in [0.15, 0.2) is 6.61 Å². The van der Waals surface area contributed by atoms with E-state index in [1.54, 1.807) is 6.20 Å². The Morgan fingerprint density at radius 3 is 2.96 bits per heavy atom. The number of aryl methyl sites for hydroxylation is 1. The molecule has 1 aliphatic heterocycles. The SMILES string of the molecule is Cc1ccc2[nH]ncc2c1C(=O)OCC(=O)NC1CCOCC1. The highest BCUT2D eigenvalue weighted by Crippen LogP contribution is 2.21. The molecule has 1 aromatic carbocycles. The smallest absolute Gasteiger partial charge is 0.339 e. The molecule has 0 spiro atoms. The molecule has 1 amide bonds. The molecular weight excluding hydrogens is 298 g/mol. The molecule has 2 N–H and O–H groups in total. The molecule has 2 heterocycles. The lowest BCUT2D eigenvalue weighted by atomic mass is 10.0. The van der Waals surface area contributed by atoms with Crippen LogP contribution in [0.15, 0.2) is 18.3 Å². The number of benzene rings is 1. The number of esters is 1. The molecule has 0 saturated carbocycles. The quantitative estimate of drug-likeness (QED) is 0.830. The average Bonchev–Trinajstić information content (AvgIpc) is 3.02. The third-order valence-electron chi connectivity index (χ3n) is 3.96. The summed E-state index contributed by atoms with van der Waals surface area (Å²) in [6.07, 6.45) is 3.15. The minimum atomic E-state index is -0.517. The van der Waals surface area contributed by atoms with Gasteiger partial charge in [0.25, 0.3) is 5.91 Å². The number of fused-ring (bicyclic) bond motifs is 1. The molecule has 3 rings (SSSR count). The van der Waals surface area contributed by atoms with Gasteiger partial charge in [0.2, 0.25) is 0 Å². The monoisotopic (exact) mass is 317 g/mol. The Bertz CT molecular complexity index is 719. The number of hydrogen-bond acceptors (Lipinski definition) is 5. The standard InChI is InChI=1S/C16H19N3O4/c1-10-2-3-13-12(8-17-19-13)15(10)16(21)23-9-14(20)18-11-4-6-22-7-5-11/h2-3,8,11H,4-7,9H2,1H3,(H,17,19)(H,18,20). The second-order valence-electron chi connectivity index (χ2n) is 5.62. The van der Waals surface area contributed by atoms with Crippen LogP contribution in [0.4, 0.5) is 0 Å². The van der Waals surface area contributed by atoms with E-state index in [2.05, 4.69) is 15.5 Å². The lowest BCUT2D eigenvalue weighted by molar-refractivity contribution is -0.125. The predicted octanol–water partition coefficient (Wildman–Crippen LogP) is 1.32. The van der Waals surface area contributed by atoms with Crippen molar-refractivity contribution < 1.29 is 19.1 Å². The maximum absolute atomic E-state index is 12.3. The topological polar surface area (TPSA) is 93.3 Å². The van der Waals surface area contributed by atoms with E-state index in [9.17, 15) is 9.59 Å². The Morgan fingerprint density at radius 1 is 1.39 bits per heavy atom. The highest BCUT2D eigenvalue weighted by molar-refractivity contribution is 6.05. The van der Waals surface area contributed by atoms with Gasteiger partial charge in [0, 0.05) is 24.6 Å². The summed E-state index contributed by atoms with van der Waals surface area (Å²) in [5.74, 6) is -0.807. The van der Waals surface area contributed by atoms with Gasteiger partial charge >= 0.3 is 5.97 Å². The van der Waals surface area contributed by atoms with Crippen molar-refractivity contribution in [2.75, 3.05) is 19.8 Å². The zero-order valence-electron chi connectivity index (χ0n) is 12.9.